The number of rotatable bonds is 42. The van der Waals surface area contributed by atoms with E-state index in [9.17, 15) is 9.59 Å². The highest BCUT2D eigenvalue weighted by atomic mass is 16.6. The summed E-state index contributed by atoms with van der Waals surface area (Å²) >= 11 is 0. The van der Waals surface area contributed by atoms with E-state index in [0.29, 0.717) is 19.4 Å². The van der Waals surface area contributed by atoms with Crippen LogP contribution in [0.4, 0.5) is 0 Å². The number of carbonyl (C=O) groups excluding carboxylic acids is 2. The van der Waals surface area contributed by atoms with Gasteiger partial charge in [-0.3, -0.25) is 9.59 Å². The monoisotopic (exact) mass is 853 g/mol. The summed E-state index contributed by atoms with van der Waals surface area (Å²) in [5.74, 6) is -0.565. The summed E-state index contributed by atoms with van der Waals surface area (Å²) in [6.07, 6.45) is 74.4. The van der Waals surface area contributed by atoms with Crippen molar-refractivity contribution in [2.45, 2.75) is 181 Å². The van der Waals surface area contributed by atoms with Crippen molar-refractivity contribution in [2.75, 3.05) is 19.8 Å². The maximum atomic E-state index is 12.7. The molecular weight excluding hydrogens is 765 g/mol. The second-order valence-electron chi connectivity index (χ2n) is 15.2. The second-order valence-corrected chi connectivity index (χ2v) is 15.2. The lowest BCUT2D eigenvalue weighted by Gasteiger charge is -2.18. The van der Waals surface area contributed by atoms with E-state index in [0.717, 1.165) is 116 Å². The third kappa shape index (κ3) is 48.4. The molecule has 0 heterocycles. The Hall–Kier alpha value is -4.22. The third-order valence-corrected chi connectivity index (χ3v) is 9.36. The largest absolute Gasteiger partial charge is 0.462 e. The van der Waals surface area contributed by atoms with E-state index in [1.807, 2.05) is 6.08 Å². The minimum absolute atomic E-state index is 0.0166. The number of hydrogen-bond donors (Lipinski definition) is 0. The van der Waals surface area contributed by atoms with Crippen LogP contribution in [0.1, 0.15) is 175 Å². The predicted molar refractivity (Wildman–Crippen MR) is 269 cm³/mol. The molecule has 0 aromatic carbocycles. The van der Waals surface area contributed by atoms with E-state index in [1.165, 1.54) is 19.3 Å². The minimum atomic E-state index is -0.612. The van der Waals surface area contributed by atoms with Crippen molar-refractivity contribution in [1.29, 1.82) is 0 Å². The van der Waals surface area contributed by atoms with Crippen molar-refractivity contribution in [3.63, 3.8) is 0 Å². The van der Waals surface area contributed by atoms with Crippen LogP contribution >= 0.6 is 0 Å². The summed E-state index contributed by atoms with van der Waals surface area (Å²) in [6, 6.07) is 0. The van der Waals surface area contributed by atoms with E-state index in [2.05, 4.69) is 161 Å². The molecule has 5 nitrogen and oxygen atoms in total. The number of allylic oxidation sites excluding steroid dienone is 24. The molecule has 0 radical (unpaired) electrons. The molecule has 0 aliphatic rings. The molecule has 0 aliphatic heterocycles. The van der Waals surface area contributed by atoms with Gasteiger partial charge in [0.05, 0.1) is 6.61 Å². The van der Waals surface area contributed by atoms with Crippen LogP contribution in [0.25, 0.3) is 0 Å². The Morgan fingerprint density at radius 3 is 1.15 bits per heavy atom. The van der Waals surface area contributed by atoms with Gasteiger partial charge >= 0.3 is 11.9 Å². The SMILES string of the molecule is CC/C=C\C/C=C\C/C=C\C/C=C\CCCCCCCOCC(COC(=O)CCCC/C=C\C/C=C\C/C=C\C/C=C\CC)OC(=O)CC/C=C\C/C=C\C/C=C\C/C=C\CC. The normalized spacial score (nSPS) is 13.5. The van der Waals surface area contributed by atoms with Gasteiger partial charge in [-0.2, -0.15) is 0 Å². The lowest BCUT2D eigenvalue weighted by atomic mass is 10.1. The fourth-order valence-electron chi connectivity index (χ4n) is 5.86. The predicted octanol–water partition coefficient (Wildman–Crippen LogP) is 16.6. The van der Waals surface area contributed by atoms with Crippen molar-refractivity contribution < 1.29 is 23.8 Å². The molecule has 1 unspecified atom stereocenters. The molecule has 0 rings (SSSR count). The Morgan fingerprint density at radius 2 is 0.710 bits per heavy atom. The minimum Gasteiger partial charge on any atom is -0.462 e. The Balaban J connectivity index is 4.49. The molecule has 5 heteroatoms. The third-order valence-electron chi connectivity index (χ3n) is 9.36. The van der Waals surface area contributed by atoms with Crippen LogP contribution in [0, 0.1) is 0 Å². The number of hydrogen-bond acceptors (Lipinski definition) is 5. The quantitative estimate of drug-likeness (QED) is 0.0348. The van der Waals surface area contributed by atoms with E-state index in [1.54, 1.807) is 0 Å². The van der Waals surface area contributed by atoms with Gasteiger partial charge in [-0.15, -0.1) is 0 Å². The summed E-state index contributed by atoms with van der Waals surface area (Å²) < 4.78 is 17.2. The van der Waals surface area contributed by atoms with Crippen LogP contribution in [0.3, 0.4) is 0 Å². The number of carbonyl (C=O) groups is 2. The molecule has 0 saturated carbocycles. The number of ether oxygens (including phenoxy) is 3. The van der Waals surface area contributed by atoms with Crippen LogP contribution in [0.15, 0.2) is 146 Å². The van der Waals surface area contributed by atoms with Crippen LogP contribution in [-0.4, -0.2) is 37.9 Å². The standard InChI is InChI=1S/C57H88O5/c1-4-7-10-13-16-19-22-25-27-28-29-31-34-37-40-43-46-49-52-60-53-55(62-57(59)51-48-45-42-39-36-32-24-21-18-15-12-9-6-3)54-61-56(58)50-47-44-41-38-35-33-30-26-23-20-17-14-11-8-5-2/h7-12,16-21,25-27,29-32,35-36,38,42,45,55H,4-6,13-15,22-24,28,33-34,37,39-41,43-44,46-54H2,1-3H3/b10-7-,11-8-,12-9-,19-16-,20-17-,21-18-,27-25-,30-26-,31-29-,36-32-,38-35-,45-42-. The molecule has 0 amide bonds. The number of unbranched alkanes of at least 4 members (excludes halogenated alkanes) is 7. The highest BCUT2D eigenvalue weighted by Gasteiger charge is 2.17. The van der Waals surface area contributed by atoms with Gasteiger partial charge in [-0.25, -0.2) is 0 Å². The van der Waals surface area contributed by atoms with Gasteiger partial charge in [0.2, 0.25) is 0 Å². The van der Waals surface area contributed by atoms with Gasteiger partial charge < -0.3 is 14.2 Å². The molecule has 1 atom stereocenters. The van der Waals surface area contributed by atoms with Crippen LogP contribution in [0.5, 0.6) is 0 Å². The number of esters is 2. The average molecular weight is 853 g/mol. The highest BCUT2D eigenvalue weighted by Crippen LogP contribution is 2.09. The van der Waals surface area contributed by atoms with E-state index in [4.69, 9.17) is 14.2 Å². The molecule has 0 aliphatic carbocycles. The first-order valence-electron chi connectivity index (χ1n) is 24.4. The first kappa shape index (κ1) is 57.8. The van der Waals surface area contributed by atoms with Gasteiger partial charge in [0.1, 0.15) is 6.61 Å². The zero-order valence-corrected chi connectivity index (χ0v) is 39.6. The first-order chi connectivity index (χ1) is 30.6. The topological polar surface area (TPSA) is 61.8 Å². The zero-order valence-electron chi connectivity index (χ0n) is 39.6. The van der Waals surface area contributed by atoms with E-state index >= 15 is 0 Å². The molecule has 62 heavy (non-hydrogen) atoms. The summed E-state index contributed by atoms with van der Waals surface area (Å²) in [7, 11) is 0. The Bertz CT molecular complexity index is 1380. The van der Waals surface area contributed by atoms with Gasteiger partial charge in [-0.1, -0.05) is 186 Å². The van der Waals surface area contributed by atoms with E-state index in [-0.39, 0.29) is 31.6 Å². The Labute approximate surface area is 381 Å². The lowest BCUT2D eigenvalue weighted by molar-refractivity contribution is -0.162. The lowest BCUT2D eigenvalue weighted by Crippen LogP contribution is -2.30. The average Bonchev–Trinajstić information content (AvgIpc) is 3.27. The van der Waals surface area contributed by atoms with Gasteiger partial charge in [-0.05, 0) is 122 Å². The van der Waals surface area contributed by atoms with Crippen molar-refractivity contribution in [2.24, 2.45) is 0 Å². The van der Waals surface area contributed by atoms with Gasteiger partial charge in [0, 0.05) is 19.4 Å². The molecular formula is C57H88O5. The highest BCUT2D eigenvalue weighted by molar-refractivity contribution is 5.70. The Kier molecular flexibility index (Phi) is 47.7. The summed E-state index contributed by atoms with van der Waals surface area (Å²) in [5.41, 5.74) is 0. The van der Waals surface area contributed by atoms with Crippen LogP contribution in [-0.2, 0) is 23.8 Å². The van der Waals surface area contributed by atoms with Crippen molar-refractivity contribution in [1.82, 2.24) is 0 Å². The first-order valence-corrected chi connectivity index (χ1v) is 24.4. The summed E-state index contributed by atoms with van der Waals surface area (Å²) in [5, 5.41) is 0. The molecule has 346 valence electrons. The van der Waals surface area contributed by atoms with Gasteiger partial charge in [0.15, 0.2) is 6.10 Å². The van der Waals surface area contributed by atoms with Gasteiger partial charge in [0.25, 0.3) is 0 Å². The smallest absolute Gasteiger partial charge is 0.306 e. The van der Waals surface area contributed by atoms with Crippen molar-refractivity contribution in [3.05, 3.63) is 146 Å². The molecule has 0 spiro atoms. The summed E-state index contributed by atoms with van der Waals surface area (Å²) in [4.78, 5) is 25.3. The molecule has 0 N–H and O–H groups in total. The fourth-order valence-corrected chi connectivity index (χ4v) is 5.86. The molecule has 0 aromatic heterocycles. The molecule has 0 saturated heterocycles. The fraction of sp³-hybridized carbons (Fsp3) is 0.544. The van der Waals surface area contributed by atoms with Crippen LogP contribution < -0.4 is 0 Å². The maximum Gasteiger partial charge on any atom is 0.306 e. The maximum absolute atomic E-state index is 12.7. The van der Waals surface area contributed by atoms with Crippen molar-refractivity contribution in [3.8, 4) is 0 Å². The summed E-state index contributed by atoms with van der Waals surface area (Å²) in [6.45, 7) is 7.28. The molecule has 0 aromatic rings. The van der Waals surface area contributed by atoms with Crippen LogP contribution in [0.2, 0.25) is 0 Å². The molecule has 0 fully saturated rings. The zero-order chi connectivity index (χ0) is 44.9. The second kappa shape index (κ2) is 51.1. The Morgan fingerprint density at radius 1 is 0.355 bits per heavy atom. The molecule has 0 bridgehead atoms. The van der Waals surface area contributed by atoms with Crippen molar-refractivity contribution >= 4 is 11.9 Å². The van der Waals surface area contributed by atoms with E-state index < -0.39 is 6.10 Å².